The van der Waals surface area contributed by atoms with E-state index in [1.807, 2.05) is 13.1 Å². The summed E-state index contributed by atoms with van der Waals surface area (Å²) in [6, 6.07) is 3.47. The summed E-state index contributed by atoms with van der Waals surface area (Å²) in [5.41, 5.74) is 7.05. The standard InChI is InChI=1S/C10H11N5O/c1-7-4-13-15(6-7)9-3-2-8(5-12-9)10(11)14-16/h2-6,16H,1H3,(H2,11,14). The molecule has 0 aromatic carbocycles. The smallest absolute Gasteiger partial charge is 0.171 e. The molecule has 0 aliphatic carbocycles. The number of nitrogens with two attached hydrogens (primary N) is 1. The fraction of sp³-hybridized carbons (Fsp3) is 0.100. The van der Waals surface area contributed by atoms with Crippen molar-refractivity contribution >= 4 is 5.84 Å². The Morgan fingerprint density at radius 3 is 2.75 bits per heavy atom. The topological polar surface area (TPSA) is 89.3 Å². The van der Waals surface area contributed by atoms with Crippen molar-refractivity contribution in [1.29, 1.82) is 0 Å². The minimum Gasteiger partial charge on any atom is -0.409 e. The number of amidine groups is 1. The molecule has 6 nitrogen and oxygen atoms in total. The third-order valence-corrected chi connectivity index (χ3v) is 2.10. The summed E-state index contributed by atoms with van der Waals surface area (Å²) in [4.78, 5) is 4.16. The molecule has 2 aromatic heterocycles. The molecule has 82 valence electrons. The molecule has 2 aromatic rings. The van der Waals surface area contributed by atoms with E-state index in [0.717, 1.165) is 5.56 Å². The van der Waals surface area contributed by atoms with Gasteiger partial charge in [0.25, 0.3) is 0 Å². The maximum absolute atomic E-state index is 8.50. The van der Waals surface area contributed by atoms with Gasteiger partial charge < -0.3 is 10.9 Å². The Morgan fingerprint density at radius 2 is 2.25 bits per heavy atom. The summed E-state index contributed by atoms with van der Waals surface area (Å²) in [7, 11) is 0. The van der Waals surface area contributed by atoms with Crippen LogP contribution in [0.3, 0.4) is 0 Å². The lowest BCUT2D eigenvalue weighted by molar-refractivity contribution is 0.318. The van der Waals surface area contributed by atoms with Crippen molar-refractivity contribution in [2.75, 3.05) is 0 Å². The second kappa shape index (κ2) is 4.01. The molecule has 6 heteroatoms. The molecule has 0 aliphatic heterocycles. The summed E-state index contributed by atoms with van der Waals surface area (Å²) < 4.78 is 1.66. The van der Waals surface area contributed by atoms with Crippen LogP contribution < -0.4 is 5.73 Å². The third kappa shape index (κ3) is 1.85. The first kappa shape index (κ1) is 10.2. The van der Waals surface area contributed by atoms with E-state index in [1.54, 1.807) is 23.0 Å². The van der Waals surface area contributed by atoms with Crippen molar-refractivity contribution in [3.05, 3.63) is 41.9 Å². The number of hydrogen-bond donors (Lipinski definition) is 2. The van der Waals surface area contributed by atoms with Crippen molar-refractivity contribution in [2.24, 2.45) is 10.9 Å². The Hall–Kier alpha value is -2.37. The first-order valence-electron chi connectivity index (χ1n) is 4.66. The second-order valence-electron chi connectivity index (χ2n) is 3.35. The van der Waals surface area contributed by atoms with Gasteiger partial charge in [-0.2, -0.15) is 5.10 Å². The Labute approximate surface area is 92.0 Å². The second-order valence-corrected chi connectivity index (χ2v) is 3.35. The van der Waals surface area contributed by atoms with E-state index < -0.39 is 0 Å². The molecule has 0 fully saturated rings. The fourth-order valence-corrected chi connectivity index (χ4v) is 1.27. The molecule has 2 heterocycles. The van der Waals surface area contributed by atoms with Crippen LogP contribution >= 0.6 is 0 Å². The average molecular weight is 217 g/mol. The molecule has 16 heavy (non-hydrogen) atoms. The van der Waals surface area contributed by atoms with E-state index in [-0.39, 0.29) is 5.84 Å². The largest absolute Gasteiger partial charge is 0.409 e. The molecule has 3 N–H and O–H groups in total. The van der Waals surface area contributed by atoms with Crippen molar-refractivity contribution in [1.82, 2.24) is 14.8 Å². The maximum Gasteiger partial charge on any atom is 0.171 e. The normalized spacial score (nSPS) is 11.7. The van der Waals surface area contributed by atoms with Crippen molar-refractivity contribution in [3.63, 3.8) is 0 Å². The highest BCUT2D eigenvalue weighted by molar-refractivity contribution is 5.96. The number of nitrogens with zero attached hydrogens (tertiary/aromatic N) is 4. The minimum absolute atomic E-state index is 0.0377. The lowest BCUT2D eigenvalue weighted by Gasteiger charge is -2.01. The summed E-state index contributed by atoms with van der Waals surface area (Å²) in [6.45, 7) is 1.95. The van der Waals surface area contributed by atoms with Crippen LogP contribution in [-0.4, -0.2) is 25.8 Å². The molecule has 0 saturated heterocycles. The van der Waals surface area contributed by atoms with Gasteiger partial charge in [-0.25, -0.2) is 9.67 Å². The Balaban J connectivity index is 2.33. The fourth-order valence-electron chi connectivity index (χ4n) is 1.27. The third-order valence-electron chi connectivity index (χ3n) is 2.10. The zero-order valence-electron chi connectivity index (χ0n) is 8.70. The summed E-state index contributed by atoms with van der Waals surface area (Å²) in [5, 5.41) is 15.5. The van der Waals surface area contributed by atoms with E-state index in [1.165, 1.54) is 6.20 Å². The Morgan fingerprint density at radius 1 is 1.44 bits per heavy atom. The van der Waals surface area contributed by atoms with Gasteiger partial charge in [0, 0.05) is 18.0 Å². The lowest BCUT2D eigenvalue weighted by atomic mass is 10.2. The first-order chi connectivity index (χ1) is 7.70. The van der Waals surface area contributed by atoms with Crippen LogP contribution in [-0.2, 0) is 0 Å². The summed E-state index contributed by atoms with van der Waals surface area (Å²) in [5.74, 6) is 0.721. The molecule has 0 radical (unpaired) electrons. The van der Waals surface area contributed by atoms with E-state index in [9.17, 15) is 0 Å². The summed E-state index contributed by atoms with van der Waals surface area (Å²) in [6.07, 6.45) is 5.14. The highest BCUT2D eigenvalue weighted by atomic mass is 16.4. The van der Waals surface area contributed by atoms with Crippen molar-refractivity contribution in [3.8, 4) is 5.82 Å². The Kier molecular flexibility index (Phi) is 2.55. The van der Waals surface area contributed by atoms with Crippen molar-refractivity contribution < 1.29 is 5.21 Å². The van der Waals surface area contributed by atoms with E-state index in [2.05, 4.69) is 15.2 Å². The molecule has 0 atom stereocenters. The van der Waals surface area contributed by atoms with Gasteiger partial charge in [-0.3, -0.25) is 0 Å². The quantitative estimate of drug-likeness (QED) is 0.335. The highest BCUT2D eigenvalue weighted by Gasteiger charge is 2.02. The van der Waals surface area contributed by atoms with Crippen LogP contribution in [0.25, 0.3) is 5.82 Å². The van der Waals surface area contributed by atoms with Crippen molar-refractivity contribution in [2.45, 2.75) is 6.92 Å². The molecule has 2 rings (SSSR count). The SMILES string of the molecule is Cc1cnn(-c2ccc(/C(N)=N/O)cn2)c1. The molecule has 0 saturated carbocycles. The van der Waals surface area contributed by atoms with Gasteiger partial charge in [0.15, 0.2) is 11.7 Å². The van der Waals surface area contributed by atoms with Crippen LogP contribution in [0.15, 0.2) is 35.9 Å². The molecule has 0 amide bonds. The van der Waals surface area contributed by atoms with Crippen LogP contribution in [0.2, 0.25) is 0 Å². The minimum atomic E-state index is 0.0377. The average Bonchev–Trinajstić information content (AvgIpc) is 2.75. The van der Waals surface area contributed by atoms with Gasteiger partial charge in [0.05, 0.1) is 6.20 Å². The lowest BCUT2D eigenvalue weighted by Crippen LogP contribution is -2.13. The number of pyridine rings is 1. The monoisotopic (exact) mass is 217 g/mol. The first-order valence-corrected chi connectivity index (χ1v) is 4.66. The number of oxime groups is 1. The Bertz CT molecular complexity index is 514. The van der Waals surface area contributed by atoms with Gasteiger partial charge in [-0.05, 0) is 24.6 Å². The number of rotatable bonds is 2. The zero-order valence-corrected chi connectivity index (χ0v) is 8.70. The molecular formula is C10H11N5O. The van der Waals surface area contributed by atoms with E-state index in [0.29, 0.717) is 11.4 Å². The predicted octanol–water partition coefficient (Wildman–Crippen LogP) is 0.670. The maximum atomic E-state index is 8.50. The summed E-state index contributed by atoms with van der Waals surface area (Å²) >= 11 is 0. The van der Waals surface area contributed by atoms with Gasteiger partial charge in [-0.15, -0.1) is 0 Å². The van der Waals surface area contributed by atoms with Gasteiger partial charge in [0.2, 0.25) is 0 Å². The number of aromatic nitrogens is 3. The predicted molar refractivity (Wildman–Crippen MR) is 58.6 cm³/mol. The van der Waals surface area contributed by atoms with Gasteiger partial charge >= 0.3 is 0 Å². The molecule has 0 aliphatic rings. The van der Waals surface area contributed by atoms with Crippen LogP contribution in [0.4, 0.5) is 0 Å². The van der Waals surface area contributed by atoms with Crippen LogP contribution in [0.1, 0.15) is 11.1 Å². The zero-order chi connectivity index (χ0) is 11.5. The van der Waals surface area contributed by atoms with Crippen LogP contribution in [0, 0.1) is 6.92 Å². The number of hydrogen-bond acceptors (Lipinski definition) is 4. The van der Waals surface area contributed by atoms with Crippen LogP contribution in [0.5, 0.6) is 0 Å². The van der Waals surface area contributed by atoms with E-state index in [4.69, 9.17) is 10.9 Å². The van der Waals surface area contributed by atoms with E-state index >= 15 is 0 Å². The molecular weight excluding hydrogens is 206 g/mol. The molecule has 0 unspecified atom stereocenters. The highest BCUT2D eigenvalue weighted by Crippen LogP contribution is 2.06. The van der Waals surface area contributed by atoms with Gasteiger partial charge in [0.1, 0.15) is 0 Å². The number of aryl methyl sites for hydroxylation is 1. The van der Waals surface area contributed by atoms with Gasteiger partial charge in [-0.1, -0.05) is 5.16 Å². The molecule has 0 bridgehead atoms. The molecule has 0 spiro atoms.